The summed E-state index contributed by atoms with van der Waals surface area (Å²) in [5.74, 6) is 3.18. The summed E-state index contributed by atoms with van der Waals surface area (Å²) in [4.78, 5) is 0. The first kappa shape index (κ1) is 17.9. The molecule has 0 saturated heterocycles. The van der Waals surface area contributed by atoms with Gasteiger partial charge in [0.05, 0.1) is 6.10 Å². The highest BCUT2D eigenvalue weighted by atomic mass is 16.5. The van der Waals surface area contributed by atoms with Crippen molar-refractivity contribution in [1.29, 1.82) is 0 Å². The summed E-state index contributed by atoms with van der Waals surface area (Å²) in [5.41, 5.74) is 4.38. The summed E-state index contributed by atoms with van der Waals surface area (Å²) in [6.07, 6.45) is 12.7. The lowest BCUT2D eigenvalue weighted by Gasteiger charge is -2.57. The fraction of sp³-hybridized carbons (Fsp3) is 0.577. The number of fused-ring (bicyclic) bond motifs is 6. The monoisotopic (exact) mass is 389 g/mol. The molecule has 3 nitrogen and oxygen atoms in total. The molecular weight excluding hydrogens is 358 g/mol. The molecule has 2 aromatic rings. The second kappa shape index (κ2) is 6.07. The molecule has 152 valence electrons. The van der Waals surface area contributed by atoms with Crippen LogP contribution >= 0.6 is 0 Å². The van der Waals surface area contributed by atoms with Crippen molar-refractivity contribution in [1.82, 2.24) is 5.16 Å². The van der Waals surface area contributed by atoms with Gasteiger partial charge in [0, 0.05) is 11.0 Å². The van der Waals surface area contributed by atoms with Crippen molar-refractivity contribution in [2.24, 2.45) is 28.6 Å². The lowest BCUT2D eigenvalue weighted by atomic mass is 9.47. The lowest BCUT2D eigenvalue weighted by molar-refractivity contribution is -0.0241. The first-order valence-corrected chi connectivity index (χ1v) is 11.4. The zero-order valence-corrected chi connectivity index (χ0v) is 17.5. The molecular formula is C26H31NO2. The number of nitrogens with zero attached hydrogens (tertiary/aromatic N) is 1. The van der Waals surface area contributed by atoms with E-state index in [9.17, 15) is 5.11 Å². The van der Waals surface area contributed by atoms with E-state index in [-0.39, 0.29) is 11.5 Å². The average molecular weight is 390 g/mol. The van der Waals surface area contributed by atoms with Gasteiger partial charge in [-0.1, -0.05) is 48.9 Å². The third-order valence-electron chi connectivity index (χ3n) is 9.29. The molecule has 0 aliphatic heterocycles. The molecule has 6 rings (SSSR count). The second-order valence-corrected chi connectivity index (χ2v) is 10.5. The quantitative estimate of drug-likeness (QED) is 0.596. The smallest absolute Gasteiger partial charge is 0.170 e. The van der Waals surface area contributed by atoms with Crippen LogP contribution in [0.2, 0.25) is 0 Å². The molecule has 1 N–H and O–H groups in total. The Hall–Kier alpha value is -1.87. The normalized spacial score (nSPS) is 41.3. The number of benzene rings is 1. The highest BCUT2D eigenvalue weighted by molar-refractivity contribution is 5.91. The molecule has 4 aliphatic carbocycles. The van der Waals surface area contributed by atoms with Crippen LogP contribution in [-0.4, -0.2) is 16.4 Å². The van der Waals surface area contributed by atoms with Crippen molar-refractivity contribution in [3.8, 4) is 0 Å². The Kier molecular flexibility index (Phi) is 3.76. The number of hydrogen-bond acceptors (Lipinski definition) is 3. The maximum atomic E-state index is 10.2. The summed E-state index contributed by atoms with van der Waals surface area (Å²) >= 11 is 0. The van der Waals surface area contributed by atoms with Crippen LogP contribution in [0.3, 0.4) is 0 Å². The molecule has 1 heterocycles. The third-order valence-corrected chi connectivity index (χ3v) is 9.29. The van der Waals surface area contributed by atoms with Crippen LogP contribution in [0.25, 0.3) is 16.5 Å². The van der Waals surface area contributed by atoms with Gasteiger partial charge in [0.15, 0.2) is 5.76 Å². The zero-order valence-electron chi connectivity index (χ0n) is 17.5. The minimum atomic E-state index is -0.126. The minimum absolute atomic E-state index is 0.126. The standard InChI is InChI=1S/C26H31NO2/c1-25-13-11-17(28)15-16(25)7-8-18-20-9-10-22(26(20,2)14-12-21(18)25)24-19-5-3-4-6-23(19)27-29-24/h3-7,10,17-18,20-21,28H,8-9,11-15H2,1-2H3/t17-,18?,20?,21?,25-,26-/m0/s1. The molecule has 2 saturated carbocycles. The van der Waals surface area contributed by atoms with E-state index >= 15 is 0 Å². The Bertz CT molecular complexity index is 1030. The van der Waals surface area contributed by atoms with Gasteiger partial charge in [-0.05, 0) is 85.7 Å². The maximum absolute atomic E-state index is 10.2. The van der Waals surface area contributed by atoms with Crippen molar-refractivity contribution in [3.05, 3.63) is 47.8 Å². The fourth-order valence-electron chi connectivity index (χ4n) is 7.64. The van der Waals surface area contributed by atoms with Gasteiger partial charge in [-0.3, -0.25) is 0 Å². The fourth-order valence-corrected chi connectivity index (χ4v) is 7.64. The molecule has 1 aromatic heterocycles. The van der Waals surface area contributed by atoms with Gasteiger partial charge in [0.25, 0.3) is 0 Å². The Labute approximate surface area is 172 Å². The lowest BCUT2D eigenvalue weighted by Crippen LogP contribution is -2.49. The number of rotatable bonds is 1. The van der Waals surface area contributed by atoms with Crippen LogP contribution in [0, 0.1) is 28.6 Å². The van der Waals surface area contributed by atoms with E-state index in [0.717, 1.165) is 54.2 Å². The summed E-state index contributed by atoms with van der Waals surface area (Å²) < 4.78 is 5.91. The van der Waals surface area contributed by atoms with Gasteiger partial charge >= 0.3 is 0 Å². The van der Waals surface area contributed by atoms with Crippen molar-refractivity contribution < 1.29 is 9.63 Å². The first-order valence-electron chi connectivity index (χ1n) is 11.4. The summed E-state index contributed by atoms with van der Waals surface area (Å²) in [6, 6.07) is 8.30. The van der Waals surface area contributed by atoms with Gasteiger partial charge in [0.2, 0.25) is 0 Å². The Morgan fingerprint density at radius 1 is 1.00 bits per heavy atom. The molecule has 0 amide bonds. The molecule has 3 unspecified atom stereocenters. The van der Waals surface area contributed by atoms with Crippen LogP contribution in [0.5, 0.6) is 0 Å². The Morgan fingerprint density at radius 3 is 2.72 bits per heavy atom. The van der Waals surface area contributed by atoms with Crippen molar-refractivity contribution in [3.63, 3.8) is 0 Å². The van der Waals surface area contributed by atoms with Crippen LogP contribution in [0.1, 0.15) is 64.6 Å². The second-order valence-electron chi connectivity index (χ2n) is 10.5. The summed E-state index contributed by atoms with van der Waals surface area (Å²) in [7, 11) is 0. The average Bonchev–Trinajstić information content (AvgIpc) is 3.29. The zero-order chi connectivity index (χ0) is 19.8. The number of aromatic nitrogens is 1. The van der Waals surface area contributed by atoms with Crippen molar-refractivity contribution in [2.75, 3.05) is 0 Å². The predicted octanol–water partition coefficient (Wildman–Crippen LogP) is 6.14. The van der Waals surface area contributed by atoms with E-state index in [1.165, 1.54) is 24.8 Å². The van der Waals surface area contributed by atoms with Gasteiger partial charge < -0.3 is 9.63 Å². The molecule has 0 radical (unpaired) electrons. The van der Waals surface area contributed by atoms with E-state index in [1.807, 2.05) is 12.1 Å². The summed E-state index contributed by atoms with van der Waals surface area (Å²) in [6.45, 7) is 4.98. The van der Waals surface area contributed by atoms with Crippen LogP contribution in [-0.2, 0) is 0 Å². The predicted molar refractivity (Wildman–Crippen MR) is 115 cm³/mol. The number of aliphatic hydroxyl groups is 1. The highest BCUT2D eigenvalue weighted by Crippen LogP contribution is 2.66. The topological polar surface area (TPSA) is 46.3 Å². The van der Waals surface area contributed by atoms with Crippen LogP contribution < -0.4 is 0 Å². The molecule has 3 heteroatoms. The number of aliphatic hydroxyl groups excluding tert-OH is 1. The van der Waals surface area contributed by atoms with Crippen molar-refractivity contribution >= 4 is 16.5 Å². The van der Waals surface area contributed by atoms with E-state index in [0.29, 0.717) is 11.3 Å². The molecule has 0 bridgehead atoms. The number of hydrogen-bond donors (Lipinski definition) is 1. The third kappa shape index (κ3) is 2.37. The van der Waals surface area contributed by atoms with Gasteiger partial charge in [0.1, 0.15) is 5.52 Å². The van der Waals surface area contributed by atoms with Crippen molar-refractivity contribution in [2.45, 2.75) is 64.9 Å². The number of allylic oxidation sites excluding steroid dienone is 3. The van der Waals surface area contributed by atoms with Gasteiger partial charge in [-0.15, -0.1) is 0 Å². The molecule has 29 heavy (non-hydrogen) atoms. The molecule has 0 spiro atoms. The largest absolute Gasteiger partial charge is 0.393 e. The summed E-state index contributed by atoms with van der Waals surface area (Å²) in [5, 5.41) is 15.7. The molecule has 6 atom stereocenters. The molecule has 2 fully saturated rings. The van der Waals surface area contributed by atoms with E-state index in [1.54, 1.807) is 5.57 Å². The van der Waals surface area contributed by atoms with Gasteiger partial charge in [-0.2, -0.15) is 0 Å². The maximum Gasteiger partial charge on any atom is 0.170 e. The van der Waals surface area contributed by atoms with Gasteiger partial charge in [-0.25, -0.2) is 0 Å². The molecule has 4 aliphatic rings. The Balaban J connectivity index is 1.36. The highest BCUT2D eigenvalue weighted by Gasteiger charge is 2.57. The minimum Gasteiger partial charge on any atom is -0.393 e. The van der Waals surface area contributed by atoms with Crippen LogP contribution in [0.4, 0.5) is 0 Å². The first-order chi connectivity index (χ1) is 14.0. The Morgan fingerprint density at radius 2 is 1.83 bits per heavy atom. The van der Waals surface area contributed by atoms with Crippen LogP contribution in [0.15, 0.2) is 46.5 Å². The SMILES string of the molecule is C[C@]12CC[C@H](O)CC1=CCC1C2CC[C@]2(C)C(c3onc4ccccc34)=CCC12. The van der Waals surface area contributed by atoms with E-state index in [2.05, 4.69) is 43.3 Å². The van der Waals surface area contributed by atoms with E-state index in [4.69, 9.17) is 4.52 Å². The molecule has 1 aromatic carbocycles. The van der Waals surface area contributed by atoms with E-state index < -0.39 is 0 Å².